The Bertz CT molecular complexity index is 867. The summed E-state index contributed by atoms with van der Waals surface area (Å²) in [5.41, 5.74) is 2.34. The van der Waals surface area contributed by atoms with Crippen LogP contribution in [0.15, 0.2) is 35.9 Å². The Morgan fingerprint density at radius 2 is 2.23 bits per heavy atom. The number of carbonyl (C=O) groups is 1. The topological polar surface area (TPSA) is 61.8 Å². The van der Waals surface area contributed by atoms with Gasteiger partial charge in [0.2, 0.25) is 0 Å². The highest BCUT2D eigenvalue weighted by molar-refractivity contribution is 5.84. The zero-order chi connectivity index (χ0) is 17.8. The molecule has 1 aromatic rings. The highest BCUT2D eigenvalue weighted by atomic mass is 16.5. The lowest BCUT2D eigenvalue weighted by molar-refractivity contribution is -0.179. The van der Waals surface area contributed by atoms with Gasteiger partial charge in [-0.1, -0.05) is 29.8 Å². The molecule has 5 heterocycles. The van der Waals surface area contributed by atoms with E-state index in [0.29, 0.717) is 6.04 Å². The zero-order valence-corrected chi connectivity index (χ0v) is 15.1. The second kappa shape index (κ2) is 4.52. The Labute approximate surface area is 153 Å². The Morgan fingerprint density at radius 3 is 3.00 bits per heavy atom. The van der Waals surface area contributed by atoms with Gasteiger partial charge in [-0.15, -0.1) is 0 Å². The normalized spacial score (nSPS) is 50.5. The Balaban J connectivity index is 1.65. The molecule has 1 aromatic carbocycles. The van der Waals surface area contributed by atoms with Crippen molar-refractivity contribution in [3.05, 3.63) is 41.5 Å². The SMILES string of the molecule is C/C=C1/CN2[C@H]3C[C@@]45c6ccccc6N[C@@H]4[C@@H]2C[C@H]1[C@]3(C(=O)OC)[C@H]5O. The average Bonchev–Trinajstić information content (AvgIpc) is 3.13. The minimum Gasteiger partial charge on any atom is -0.468 e. The molecule has 0 radical (unpaired) electrons. The molecule has 2 N–H and O–H groups in total. The molecule has 0 amide bonds. The Hall–Kier alpha value is -1.85. The lowest BCUT2D eigenvalue weighted by Crippen LogP contribution is -2.71. The van der Waals surface area contributed by atoms with Gasteiger partial charge in [0.25, 0.3) is 0 Å². The predicted octanol–water partition coefficient (Wildman–Crippen LogP) is 1.68. The number of piperidine rings is 4. The number of hydrogen-bond acceptors (Lipinski definition) is 5. The fourth-order valence-electron chi connectivity index (χ4n) is 7.49. The predicted molar refractivity (Wildman–Crippen MR) is 96.7 cm³/mol. The summed E-state index contributed by atoms with van der Waals surface area (Å²) < 4.78 is 5.34. The second-order valence-electron chi connectivity index (χ2n) is 8.65. The van der Waals surface area contributed by atoms with Crippen molar-refractivity contribution < 1.29 is 14.6 Å². The Morgan fingerprint density at radius 1 is 1.42 bits per heavy atom. The van der Waals surface area contributed by atoms with Gasteiger partial charge >= 0.3 is 5.97 Å². The molecular weight excluding hydrogens is 328 g/mol. The molecule has 26 heavy (non-hydrogen) atoms. The van der Waals surface area contributed by atoms with Gasteiger partial charge in [0, 0.05) is 35.6 Å². The van der Waals surface area contributed by atoms with Crippen LogP contribution in [0.3, 0.4) is 0 Å². The van der Waals surface area contributed by atoms with Crippen LogP contribution in [0.2, 0.25) is 0 Å². The van der Waals surface area contributed by atoms with E-state index in [2.05, 4.69) is 35.3 Å². The van der Waals surface area contributed by atoms with E-state index in [9.17, 15) is 9.90 Å². The lowest BCUT2D eigenvalue weighted by atomic mass is 9.58. The monoisotopic (exact) mass is 352 g/mol. The fourth-order valence-corrected chi connectivity index (χ4v) is 7.49. The number of anilines is 1. The van der Waals surface area contributed by atoms with Gasteiger partial charge in [-0.2, -0.15) is 0 Å². The number of nitrogens with one attached hydrogen (secondary N) is 1. The van der Waals surface area contributed by atoms with E-state index in [1.807, 2.05) is 12.1 Å². The summed E-state index contributed by atoms with van der Waals surface area (Å²) in [5, 5.41) is 15.6. The molecule has 5 heteroatoms. The van der Waals surface area contributed by atoms with E-state index in [-0.39, 0.29) is 24.0 Å². The van der Waals surface area contributed by atoms with Crippen LogP contribution in [-0.4, -0.2) is 53.9 Å². The molecule has 5 bridgehead atoms. The molecule has 5 nitrogen and oxygen atoms in total. The standard InChI is InChI=1S/C21H24N2O3/c1-3-11-10-23-15-8-13(11)21(19(25)26-2)16(23)9-20(18(21)24)12-6-4-5-7-14(12)22-17(15)20/h3-7,13,15-18,22,24H,8-10H2,1-2H3/b11-3-/t13-,15+,16+,17-,18+,20-,21-/m1/s1. The number of benzene rings is 1. The molecule has 7 rings (SSSR count). The molecule has 1 spiro atoms. The van der Waals surface area contributed by atoms with Crippen molar-refractivity contribution in [1.29, 1.82) is 0 Å². The number of ether oxygens (including phenoxy) is 1. The van der Waals surface area contributed by atoms with Gasteiger partial charge in [0.15, 0.2) is 0 Å². The van der Waals surface area contributed by atoms with Gasteiger partial charge < -0.3 is 15.2 Å². The summed E-state index contributed by atoms with van der Waals surface area (Å²) in [7, 11) is 1.46. The number of para-hydroxylation sites is 1. The summed E-state index contributed by atoms with van der Waals surface area (Å²) in [4.78, 5) is 15.7. The highest BCUT2D eigenvalue weighted by Gasteiger charge is 2.82. The third-order valence-electron chi connectivity index (χ3n) is 8.30. The molecule has 5 aliphatic heterocycles. The highest BCUT2D eigenvalue weighted by Crippen LogP contribution is 2.71. The average molecular weight is 352 g/mol. The van der Waals surface area contributed by atoms with E-state index in [1.54, 1.807) is 0 Å². The van der Waals surface area contributed by atoms with Crippen LogP contribution in [0.5, 0.6) is 0 Å². The Kier molecular flexibility index (Phi) is 2.65. The third-order valence-corrected chi connectivity index (χ3v) is 8.30. The largest absolute Gasteiger partial charge is 0.468 e. The van der Waals surface area contributed by atoms with Crippen molar-refractivity contribution in [2.24, 2.45) is 11.3 Å². The molecule has 1 unspecified atom stereocenters. The summed E-state index contributed by atoms with van der Waals surface area (Å²) in [6.45, 7) is 2.96. The van der Waals surface area contributed by atoms with Crippen LogP contribution < -0.4 is 5.32 Å². The summed E-state index contributed by atoms with van der Waals surface area (Å²) in [6, 6.07) is 8.89. The van der Waals surface area contributed by atoms with Crippen molar-refractivity contribution >= 4 is 11.7 Å². The third kappa shape index (κ3) is 1.28. The van der Waals surface area contributed by atoms with Gasteiger partial charge in [-0.3, -0.25) is 9.69 Å². The van der Waals surface area contributed by atoms with E-state index < -0.39 is 16.9 Å². The lowest BCUT2D eigenvalue weighted by Gasteiger charge is -2.60. The minimum atomic E-state index is -0.848. The van der Waals surface area contributed by atoms with E-state index >= 15 is 0 Å². The second-order valence-corrected chi connectivity index (χ2v) is 8.65. The molecule has 4 saturated heterocycles. The number of allylic oxidation sites excluding steroid dienone is 1. The van der Waals surface area contributed by atoms with Crippen molar-refractivity contribution in [2.75, 3.05) is 19.0 Å². The summed E-state index contributed by atoms with van der Waals surface area (Å²) >= 11 is 0. The molecule has 6 aliphatic rings. The number of fused-ring (bicyclic) bond motifs is 2. The minimum absolute atomic E-state index is 0.0570. The molecule has 0 aromatic heterocycles. The van der Waals surface area contributed by atoms with E-state index in [0.717, 1.165) is 25.1 Å². The van der Waals surface area contributed by atoms with Gasteiger partial charge in [0.05, 0.1) is 19.3 Å². The van der Waals surface area contributed by atoms with Crippen LogP contribution >= 0.6 is 0 Å². The van der Waals surface area contributed by atoms with Crippen molar-refractivity contribution in [2.45, 2.75) is 49.4 Å². The molecule has 1 saturated carbocycles. The number of methoxy groups -OCH3 is 1. The number of aliphatic hydroxyl groups is 1. The first-order chi connectivity index (χ1) is 12.6. The zero-order valence-electron chi connectivity index (χ0n) is 15.1. The maximum absolute atomic E-state index is 13.2. The van der Waals surface area contributed by atoms with Gasteiger partial charge in [0.1, 0.15) is 5.41 Å². The fraction of sp³-hybridized carbons (Fsp3) is 0.571. The maximum Gasteiger partial charge on any atom is 0.316 e. The summed E-state index contributed by atoms with van der Waals surface area (Å²) in [5.74, 6) is -0.154. The first kappa shape index (κ1) is 15.2. The molecule has 1 aliphatic carbocycles. The van der Waals surface area contributed by atoms with E-state index in [1.165, 1.54) is 18.2 Å². The van der Waals surface area contributed by atoms with E-state index in [4.69, 9.17) is 4.74 Å². The first-order valence-corrected chi connectivity index (χ1v) is 9.64. The van der Waals surface area contributed by atoms with Crippen molar-refractivity contribution in [3.63, 3.8) is 0 Å². The maximum atomic E-state index is 13.2. The number of carbonyl (C=O) groups excluding carboxylic acids is 1. The first-order valence-electron chi connectivity index (χ1n) is 9.64. The summed E-state index contributed by atoms with van der Waals surface area (Å²) in [6.07, 6.45) is 3.15. The quantitative estimate of drug-likeness (QED) is 0.595. The van der Waals surface area contributed by atoms with Crippen LogP contribution in [0, 0.1) is 11.3 Å². The number of esters is 1. The molecule has 136 valence electrons. The molecular formula is C21H24N2O3. The number of aliphatic hydroxyl groups excluding tert-OH is 1. The van der Waals surface area contributed by atoms with Crippen molar-refractivity contribution in [3.8, 4) is 0 Å². The number of nitrogens with zero attached hydrogens (tertiary/aromatic N) is 1. The van der Waals surface area contributed by atoms with Crippen LogP contribution in [-0.2, 0) is 14.9 Å². The van der Waals surface area contributed by atoms with Crippen molar-refractivity contribution in [1.82, 2.24) is 4.90 Å². The molecule has 5 fully saturated rings. The van der Waals surface area contributed by atoms with Gasteiger partial charge in [-0.05, 0) is 31.4 Å². The van der Waals surface area contributed by atoms with Crippen LogP contribution in [0.25, 0.3) is 0 Å². The van der Waals surface area contributed by atoms with Gasteiger partial charge in [-0.25, -0.2) is 0 Å². The number of hydrogen-bond donors (Lipinski definition) is 2. The van der Waals surface area contributed by atoms with Crippen LogP contribution in [0.1, 0.15) is 25.3 Å². The molecule has 8 atom stereocenters. The number of rotatable bonds is 1. The van der Waals surface area contributed by atoms with Crippen LogP contribution in [0.4, 0.5) is 5.69 Å². The smallest absolute Gasteiger partial charge is 0.316 e.